The number of rotatable bonds is 7. The summed E-state index contributed by atoms with van der Waals surface area (Å²) in [5.41, 5.74) is 5.55. The van der Waals surface area contributed by atoms with E-state index < -0.39 is 0 Å². The van der Waals surface area contributed by atoms with E-state index in [1.165, 1.54) is 16.7 Å². The quantitative estimate of drug-likeness (QED) is 0.248. The first-order chi connectivity index (χ1) is 16.1. The number of guanidine groups is 1. The van der Waals surface area contributed by atoms with E-state index in [4.69, 9.17) is 9.15 Å². The molecule has 0 radical (unpaired) electrons. The normalized spacial score (nSPS) is 16.7. The van der Waals surface area contributed by atoms with Gasteiger partial charge in [0.25, 0.3) is 0 Å². The Morgan fingerprint density at radius 1 is 1.12 bits per heavy atom. The third-order valence-electron chi connectivity index (χ3n) is 5.69. The number of hydrogen-bond donors (Lipinski definition) is 2. The van der Waals surface area contributed by atoms with Crippen molar-refractivity contribution < 1.29 is 9.15 Å². The van der Waals surface area contributed by atoms with Crippen molar-refractivity contribution in [3.8, 4) is 11.5 Å². The maximum absolute atomic E-state index is 5.65. The molecule has 2 aromatic carbocycles. The number of morpholine rings is 1. The van der Waals surface area contributed by atoms with E-state index in [0.717, 1.165) is 43.5 Å². The second kappa shape index (κ2) is 12.9. The maximum Gasteiger partial charge on any atom is 0.226 e. The van der Waals surface area contributed by atoms with E-state index in [1.54, 1.807) is 13.3 Å². The molecule has 1 unspecified atom stereocenters. The number of hydrogen-bond acceptors (Lipinski definition) is 5. The van der Waals surface area contributed by atoms with E-state index in [-0.39, 0.29) is 24.0 Å². The summed E-state index contributed by atoms with van der Waals surface area (Å²) in [6, 6.07) is 16.9. The van der Waals surface area contributed by atoms with Gasteiger partial charge in [-0.3, -0.25) is 9.89 Å². The van der Waals surface area contributed by atoms with E-state index in [1.807, 2.05) is 12.1 Å². The minimum Gasteiger partial charge on any atom is -0.444 e. The number of benzene rings is 2. The first-order valence-electron chi connectivity index (χ1n) is 11.5. The molecule has 1 aliphatic heterocycles. The lowest BCUT2D eigenvalue weighted by atomic mass is 10.1. The third-order valence-corrected chi connectivity index (χ3v) is 5.69. The Bertz CT molecular complexity index is 1070. The highest BCUT2D eigenvalue weighted by Gasteiger charge is 2.16. The molecule has 1 aliphatic rings. The lowest BCUT2D eigenvalue weighted by molar-refractivity contribution is -0.0212. The summed E-state index contributed by atoms with van der Waals surface area (Å²) in [6.07, 6.45) is 1.99. The molecule has 7 nitrogen and oxygen atoms in total. The lowest BCUT2D eigenvalue weighted by Crippen LogP contribution is -2.40. The van der Waals surface area contributed by atoms with Crippen LogP contribution in [0.2, 0.25) is 0 Å². The number of nitrogens with one attached hydrogen (secondary N) is 2. The molecular formula is C26H34IN5O2. The Hall–Kier alpha value is -2.43. The molecule has 2 heterocycles. The number of aliphatic imine (C=N–C) groups is 1. The van der Waals surface area contributed by atoms with Crippen LogP contribution in [0.1, 0.15) is 29.3 Å². The van der Waals surface area contributed by atoms with Gasteiger partial charge in [0.15, 0.2) is 5.96 Å². The zero-order valence-corrected chi connectivity index (χ0v) is 22.4. The fourth-order valence-electron chi connectivity index (χ4n) is 3.93. The Morgan fingerprint density at radius 2 is 1.88 bits per heavy atom. The highest BCUT2D eigenvalue weighted by atomic mass is 127. The molecular weight excluding hydrogens is 541 g/mol. The molecule has 1 fully saturated rings. The topological polar surface area (TPSA) is 74.9 Å². The van der Waals surface area contributed by atoms with Gasteiger partial charge in [-0.1, -0.05) is 42.0 Å². The third kappa shape index (κ3) is 7.54. The van der Waals surface area contributed by atoms with Crippen LogP contribution in [0.3, 0.4) is 0 Å². The fourth-order valence-corrected chi connectivity index (χ4v) is 3.93. The van der Waals surface area contributed by atoms with E-state index in [2.05, 4.69) is 75.8 Å². The van der Waals surface area contributed by atoms with Gasteiger partial charge in [-0.15, -0.1) is 24.0 Å². The van der Waals surface area contributed by atoms with E-state index in [9.17, 15) is 0 Å². The molecule has 0 aliphatic carbocycles. The Kier molecular flexibility index (Phi) is 9.91. The van der Waals surface area contributed by atoms with Crippen LogP contribution in [0.15, 0.2) is 64.2 Å². The standard InChI is InChI=1S/C26H33N5O2.HI/c1-19-7-9-23(10-8-19)25-30-24(18-33-25)15-29-26(27-3)28-14-21-5-4-6-22(13-21)17-31-11-12-32-20(2)16-31;/h4-10,13,18,20H,11-12,14-17H2,1-3H3,(H2,27,28,29);1H. The molecule has 0 bridgehead atoms. The summed E-state index contributed by atoms with van der Waals surface area (Å²) in [6.45, 7) is 9.14. The summed E-state index contributed by atoms with van der Waals surface area (Å²) in [5.74, 6) is 1.35. The SMILES string of the molecule is CN=C(NCc1cccc(CN2CCOC(C)C2)c1)NCc1coc(-c2ccc(C)cc2)n1.I. The van der Waals surface area contributed by atoms with E-state index in [0.29, 0.717) is 25.1 Å². The van der Waals surface area contributed by atoms with Crippen LogP contribution >= 0.6 is 24.0 Å². The van der Waals surface area contributed by atoms with Crippen LogP contribution in [-0.2, 0) is 24.4 Å². The zero-order chi connectivity index (χ0) is 23.0. The second-order valence-corrected chi connectivity index (χ2v) is 8.53. The van der Waals surface area contributed by atoms with Gasteiger partial charge in [-0.2, -0.15) is 0 Å². The highest BCUT2D eigenvalue weighted by Crippen LogP contribution is 2.19. The lowest BCUT2D eigenvalue weighted by Gasteiger charge is -2.31. The minimum absolute atomic E-state index is 0. The number of aryl methyl sites for hydroxylation is 1. The van der Waals surface area contributed by atoms with Gasteiger partial charge in [0.05, 0.1) is 24.9 Å². The number of ether oxygens (including phenoxy) is 1. The second-order valence-electron chi connectivity index (χ2n) is 8.53. The molecule has 34 heavy (non-hydrogen) atoms. The maximum atomic E-state index is 5.65. The van der Waals surface area contributed by atoms with Gasteiger partial charge in [-0.05, 0) is 37.1 Å². The van der Waals surface area contributed by atoms with Gasteiger partial charge in [0.2, 0.25) is 5.89 Å². The van der Waals surface area contributed by atoms with Crippen molar-refractivity contribution in [1.29, 1.82) is 0 Å². The molecule has 4 rings (SSSR count). The molecule has 0 spiro atoms. The van der Waals surface area contributed by atoms with Crippen molar-refractivity contribution in [3.63, 3.8) is 0 Å². The summed E-state index contributed by atoms with van der Waals surface area (Å²) < 4.78 is 11.3. The zero-order valence-electron chi connectivity index (χ0n) is 20.1. The van der Waals surface area contributed by atoms with Crippen LogP contribution in [0.5, 0.6) is 0 Å². The Morgan fingerprint density at radius 3 is 2.65 bits per heavy atom. The predicted octanol–water partition coefficient (Wildman–Crippen LogP) is 4.35. The Balaban J connectivity index is 0.00000324. The molecule has 182 valence electrons. The molecule has 0 amide bonds. The average molecular weight is 575 g/mol. The van der Waals surface area contributed by atoms with Crippen molar-refractivity contribution in [2.45, 2.75) is 39.6 Å². The summed E-state index contributed by atoms with van der Waals surface area (Å²) >= 11 is 0. The van der Waals surface area contributed by atoms with Gasteiger partial charge in [-0.25, -0.2) is 4.98 Å². The number of aromatic nitrogens is 1. The molecule has 3 aromatic rings. The van der Waals surface area contributed by atoms with Gasteiger partial charge in [0, 0.05) is 38.8 Å². The Labute approximate surface area is 219 Å². The number of halogens is 1. The summed E-state index contributed by atoms with van der Waals surface area (Å²) in [7, 11) is 1.77. The van der Waals surface area contributed by atoms with Crippen molar-refractivity contribution in [1.82, 2.24) is 20.5 Å². The van der Waals surface area contributed by atoms with Crippen molar-refractivity contribution >= 4 is 29.9 Å². The van der Waals surface area contributed by atoms with Gasteiger partial charge >= 0.3 is 0 Å². The monoisotopic (exact) mass is 575 g/mol. The van der Waals surface area contributed by atoms with Crippen LogP contribution in [0.4, 0.5) is 0 Å². The van der Waals surface area contributed by atoms with Crippen molar-refractivity contribution in [2.24, 2.45) is 4.99 Å². The van der Waals surface area contributed by atoms with Crippen LogP contribution in [-0.4, -0.2) is 48.7 Å². The van der Waals surface area contributed by atoms with Crippen LogP contribution in [0, 0.1) is 6.92 Å². The molecule has 1 aromatic heterocycles. The first kappa shape index (κ1) is 26.2. The summed E-state index contributed by atoms with van der Waals surface area (Å²) in [4.78, 5) is 11.4. The molecule has 1 atom stereocenters. The average Bonchev–Trinajstić information content (AvgIpc) is 3.29. The van der Waals surface area contributed by atoms with Crippen molar-refractivity contribution in [3.05, 3.63) is 77.2 Å². The molecule has 8 heteroatoms. The predicted molar refractivity (Wildman–Crippen MR) is 146 cm³/mol. The highest BCUT2D eigenvalue weighted by molar-refractivity contribution is 14.0. The largest absolute Gasteiger partial charge is 0.444 e. The minimum atomic E-state index is 0. The number of nitrogens with zero attached hydrogens (tertiary/aromatic N) is 3. The van der Waals surface area contributed by atoms with Gasteiger partial charge in [0.1, 0.15) is 6.26 Å². The number of oxazole rings is 1. The smallest absolute Gasteiger partial charge is 0.226 e. The van der Waals surface area contributed by atoms with Crippen molar-refractivity contribution in [2.75, 3.05) is 26.7 Å². The van der Waals surface area contributed by atoms with E-state index >= 15 is 0 Å². The molecule has 2 N–H and O–H groups in total. The summed E-state index contributed by atoms with van der Waals surface area (Å²) in [5, 5.41) is 6.69. The van der Waals surface area contributed by atoms with Crippen LogP contribution < -0.4 is 10.6 Å². The molecule has 1 saturated heterocycles. The van der Waals surface area contributed by atoms with Gasteiger partial charge < -0.3 is 19.8 Å². The first-order valence-corrected chi connectivity index (χ1v) is 11.5. The molecule has 0 saturated carbocycles. The van der Waals surface area contributed by atoms with Crippen LogP contribution in [0.25, 0.3) is 11.5 Å². The fraction of sp³-hybridized carbons (Fsp3) is 0.385.